The van der Waals surface area contributed by atoms with Crippen molar-refractivity contribution in [3.05, 3.63) is 66.7 Å². The van der Waals surface area contributed by atoms with Crippen molar-refractivity contribution in [3.63, 3.8) is 0 Å². The van der Waals surface area contributed by atoms with Gasteiger partial charge in [0, 0.05) is 6.54 Å². The summed E-state index contributed by atoms with van der Waals surface area (Å²) in [6, 6.07) is 11.3. The van der Waals surface area contributed by atoms with E-state index in [1.165, 1.54) is 17.2 Å². The number of benzene rings is 1. The van der Waals surface area contributed by atoms with E-state index in [-0.39, 0.29) is 17.9 Å². The monoisotopic (exact) mass is 402 g/mol. The molecule has 8 nitrogen and oxygen atoms in total. The summed E-state index contributed by atoms with van der Waals surface area (Å²) in [7, 11) is 0. The maximum atomic E-state index is 12.8. The van der Waals surface area contributed by atoms with Gasteiger partial charge in [-0.1, -0.05) is 43.3 Å². The SMILES string of the molecule is C=C(C)c1cccc(C(C)CNC(=O)n2cnc3c(-c4ccco4)nc(N)nc32)c1. The first-order valence-electron chi connectivity index (χ1n) is 9.52. The van der Waals surface area contributed by atoms with E-state index in [1.54, 1.807) is 12.1 Å². The number of fused-ring (bicyclic) bond motifs is 1. The summed E-state index contributed by atoms with van der Waals surface area (Å²) in [5.41, 5.74) is 10.3. The molecule has 1 atom stereocenters. The smallest absolute Gasteiger partial charge is 0.328 e. The first kappa shape index (κ1) is 19.4. The summed E-state index contributed by atoms with van der Waals surface area (Å²) < 4.78 is 6.74. The van der Waals surface area contributed by atoms with Crippen LogP contribution in [0.4, 0.5) is 10.7 Å². The molecule has 30 heavy (non-hydrogen) atoms. The number of imidazole rings is 1. The molecule has 0 aliphatic rings. The van der Waals surface area contributed by atoms with Gasteiger partial charge in [-0.2, -0.15) is 4.98 Å². The maximum absolute atomic E-state index is 12.8. The molecule has 4 rings (SSSR count). The van der Waals surface area contributed by atoms with Crippen molar-refractivity contribution in [2.24, 2.45) is 0 Å². The molecule has 0 spiro atoms. The van der Waals surface area contributed by atoms with Gasteiger partial charge in [-0.25, -0.2) is 19.3 Å². The van der Waals surface area contributed by atoms with Crippen LogP contribution in [0.25, 0.3) is 28.2 Å². The fourth-order valence-corrected chi connectivity index (χ4v) is 3.20. The molecule has 3 heterocycles. The summed E-state index contributed by atoms with van der Waals surface area (Å²) >= 11 is 0. The molecule has 3 N–H and O–H groups in total. The second-order valence-electron chi connectivity index (χ2n) is 7.19. The van der Waals surface area contributed by atoms with Crippen LogP contribution < -0.4 is 11.1 Å². The zero-order chi connectivity index (χ0) is 21.3. The molecule has 152 valence electrons. The van der Waals surface area contributed by atoms with Crippen LogP contribution in [0.15, 0.2) is 60.0 Å². The minimum absolute atomic E-state index is 0.0356. The Bertz CT molecular complexity index is 1230. The highest BCUT2D eigenvalue weighted by molar-refractivity contribution is 5.93. The number of aromatic nitrogens is 4. The van der Waals surface area contributed by atoms with Crippen LogP contribution in [0.2, 0.25) is 0 Å². The van der Waals surface area contributed by atoms with Crippen molar-refractivity contribution in [2.45, 2.75) is 19.8 Å². The Hall–Kier alpha value is -3.94. The normalized spacial score (nSPS) is 12.1. The third-order valence-electron chi connectivity index (χ3n) is 4.89. The van der Waals surface area contributed by atoms with Crippen molar-refractivity contribution >= 4 is 28.7 Å². The van der Waals surface area contributed by atoms with E-state index in [9.17, 15) is 4.79 Å². The minimum atomic E-state index is -0.344. The topological polar surface area (TPSA) is 112 Å². The highest BCUT2D eigenvalue weighted by Gasteiger charge is 2.19. The maximum Gasteiger partial charge on any atom is 0.328 e. The molecular weight excluding hydrogens is 380 g/mol. The number of anilines is 1. The van der Waals surface area contributed by atoms with E-state index in [0.29, 0.717) is 29.2 Å². The molecular formula is C22H22N6O2. The number of amides is 1. The number of nitrogens with one attached hydrogen (secondary N) is 1. The molecule has 1 amide bonds. The molecule has 0 aliphatic heterocycles. The lowest BCUT2D eigenvalue weighted by Crippen LogP contribution is -2.31. The van der Waals surface area contributed by atoms with Crippen LogP contribution in [0.5, 0.6) is 0 Å². The molecule has 4 aromatic rings. The Labute approximate surface area is 173 Å². The third-order valence-corrected chi connectivity index (χ3v) is 4.89. The van der Waals surface area contributed by atoms with Crippen LogP contribution in [-0.4, -0.2) is 32.1 Å². The Morgan fingerprint density at radius 1 is 1.30 bits per heavy atom. The number of carbonyl (C=O) groups is 1. The molecule has 1 unspecified atom stereocenters. The number of allylic oxidation sites excluding steroid dienone is 1. The van der Waals surface area contributed by atoms with E-state index in [1.807, 2.05) is 25.1 Å². The average molecular weight is 402 g/mol. The fraction of sp³-hybridized carbons (Fsp3) is 0.182. The number of hydrogen-bond acceptors (Lipinski definition) is 6. The number of rotatable bonds is 5. The molecule has 0 bridgehead atoms. The number of nitrogens with two attached hydrogens (primary N) is 1. The van der Waals surface area contributed by atoms with Gasteiger partial charge in [0.1, 0.15) is 17.5 Å². The van der Waals surface area contributed by atoms with Gasteiger partial charge in [-0.05, 0) is 36.1 Å². The van der Waals surface area contributed by atoms with Gasteiger partial charge >= 0.3 is 6.03 Å². The lowest BCUT2D eigenvalue weighted by atomic mass is 9.97. The van der Waals surface area contributed by atoms with E-state index in [2.05, 4.69) is 39.8 Å². The van der Waals surface area contributed by atoms with Crippen LogP contribution >= 0.6 is 0 Å². The molecule has 1 aromatic carbocycles. The number of nitrogens with zero attached hydrogens (tertiary/aromatic N) is 4. The summed E-state index contributed by atoms with van der Waals surface area (Å²) in [5, 5.41) is 2.93. The van der Waals surface area contributed by atoms with Gasteiger partial charge in [0.15, 0.2) is 11.4 Å². The standard InChI is InChI=1S/C22H22N6O2/c1-13(2)15-6-4-7-16(10-15)14(3)11-24-22(29)28-12-25-19-18(17-8-5-9-30-17)26-21(23)27-20(19)28/h4-10,12,14H,1,11H2,2-3H3,(H,24,29)(H2,23,26,27). The van der Waals surface area contributed by atoms with Gasteiger partial charge in [-0.3, -0.25) is 0 Å². The Morgan fingerprint density at radius 3 is 2.87 bits per heavy atom. The van der Waals surface area contributed by atoms with Crippen LogP contribution in [0.3, 0.4) is 0 Å². The van der Waals surface area contributed by atoms with Crippen molar-refractivity contribution in [1.82, 2.24) is 24.8 Å². The molecule has 8 heteroatoms. The van der Waals surface area contributed by atoms with Gasteiger partial charge in [0.2, 0.25) is 5.95 Å². The quantitative estimate of drug-likeness (QED) is 0.521. The van der Waals surface area contributed by atoms with E-state index in [0.717, 1.165) is 16.7 Å². The Kier molecular flexibility index (Phi) is 5.05. The van der Waals surface area contributed by atoms with Crippen molar-refractivity contribution < 1.29 is 9.21 Å². The first-order valence-corrected chi connectivity index (χ1v) is 9.52. The van der Waals surface area contributed by atoms with Gasteiger partial charge in [0.25, 0.3) is 0 Å². The predicted molar refractivity (Wildman–Crippen MR) is 116 cm³/mol. The van der Waals surface area contributed by atoms with Crippen LogP contribution in [-0.2, 0) is 0 Å². The molecule has 0 aliphatic carbocycles. The molecule has 0 saturated heterocycles. The van der Waals surface area contributed by atoms with E-state index < -0.39 is 0 Å². The number of carbonyl (C=O) groups excluding carboxylic acids is 1. The molecule has 0 saturated carbocycles. The second kappa shape index (κ2) is 7.82. The lowest BCUT2D eigenvalue weighted by molar-refractivity contribution is 0.242. The molecule has 0 fully saturated rings. The highest BCUT2D eigenvalue weighted by Crippen LogP contribution is 2.26. The largest absolute Gasteiger partial charge is 0.463 e. The zero-order valence-corrected chi connectivity index (χ0v) is 16.8. The van der Waals surface area contributed by atoms with Crippen molar-refractivity contribution in [1.29, 1.82) is 0 Å². The summed E-state index contributed by atoms with van der Waals surface area (Å²) in [4.78, 5) is 25.5. The second-order valence-corrected chi connectivity index (χ2v) is 7.19. The van der Waals surface area contributed by atoms with Gasteiger partial charge in [0.05, 0.1) is 6.26 Å². The van der Waals surface area contributed by atoms with Crippen LogP contribution in [0, 0.1) is 0 Å². The van der Waals surface area contributed by atoms with Crippen molar-refractivity contribution in [2.75, 3.05) is 12.3 Å². The average Bonchev–Trinajstić information content (AvgIpc) is 3.41. The van der Waals surface area contributed by atoms with E-state index in [4.69, 9.17) is 10.2 Å². The molecule has 3 aromatic heterocycles. The highest BCUT2D eigenvalue weighted by atomic mass is 16.3. The third kappa shape index (κ3) is 3.67. The fourth-order valence-electron chi connectivity index (χ4n) is 3.20. The van der Waals surface area contributed by atoms with Gasteiger partial charge < -0.3 is 15.5 Å². The van der Waals surface area contributed by atoms with Crippen LogP contribution in [0.1, 0.15) is 30.9 Å². The summed E-state index contributed by atoms with van der Waals surface area (Å²) in [6.45, 7) is 8.46. The minimum Gasteiger partial charge on any atom is -0.463 e. The van der Waals surface area contributed by atoms with Crippen molar-refractivity contribution in [3.8, 4) is 11.5 Å². The zero-order valence-electron chi connectivity index (χ0n) is 16.8. The molecule has 0 radical (unpaired) electrons. The number of furan rings is 1. The lowest BCUT2D eigenvalue weighted by Gasteiger charge is -2.14. The Balaban J connectivity index is 1.56. The van der Waals surface area contributed by atoms with E-state index >= 15 is 0 Å². The Morgan fingerprint density at radius 2 is 2.13 bits per heavy atom. The first-order chi connectivity index (χ1) is 14.4. The van der Waals surface area contributed by atoms with Gasteiger partial charge in [-0.15, -0.1) is 0 Å². The summed E-state index contributed by atoms with van der Waals surface area (Å²) in [5.74, 6) is 0.653. The predicted octanol–water partition coefficient (Wildman–Crippen LogP) is 4.06. The summed E-state index contributed by atoms with van der Waals surface area (Å²) in [6.07, 6.45) is 2.94. The number of nitrogen functional groups attached to an aromatic ring is 1. The number of hydrogen-bond donors (Lipinski definition) is 2.